The first kappa shape index (κ1) is 9.29. The average molecular weight is 228 g/mol. The number of benzene rings is 1. The van der Waals surface area contributed by atoms with E-state index >= 15 is 0 Å². The number of hydrogen-bond acceptors (Lipinski definition) is 2. The SMILES string of the molecule is CONC(=CBr)c1ccccc1. The monoisotopic (exact) mass is 227 g/mol. The van der Waals surface area contributed by atoms with Gasteiger partial charge in [-0.2, -0.15) is 0 Å². The second kappa shape index (κ2) is 4.95. The summed E-state index contributed by atoms with van der Waals surface area (Å²) in [5, 5.41) is 0. The van der Waals surface area contributed by atoms with E-state index in [0.717, 1.165) is 11.3 Å². The smallest absolute Gasteiger partial charge is 0.0745 e. The molecule has 0 spiro atoms. The summed E-state index contributed by atoms with van der Waals surface area (Å²) in [6.45, 7) is 0. The molecule has 0 fully saturated rings. The molecule has 0 amide bonds. The van der Waals surface area contributed by atoms with Crippen LogP contribution in [0.25, 0.3) is 5.70 Å². The standard InChI is InChI=1S/C9H10BrNO/c1-12-11-9(7-10)8-5-3-2-4-6-8/h2-7,11H,1H3. The van der Waals surface area contributed by atoms with Gasteiger partial charge in [-0.1, -0.05) is 46.3 Å². The number of hydrogen-bond donors (Lipinski definition) is 1. The Morgan fingerprint density at radius 2 is 2.08 bits per heavy atom. The number of rotatable bonds is 3. The molecular weight excluding hydrogens is 218 g/mol. The zero-order valence-electron chi connectivity index (χ0n) is 6.75. The lowest BCUT2D eigenvalue weighted by molar-refractivity contribution is 0.137. The molecule has 0 unspecified atom stereocenters. The van der Waals surface area contributed by atoms with E-state index < -0.39 is 0 Å². The van der Waals surface area contributed by atoms with Crippen molar-refractivity contribution in [3.05, 3.63) is 40.9 Å². The maximum atomic E-state index is 4.80. The minimum atomic E-state index is 0.901. The third kappa shape index (κ3) is 2.36. The van der Waals surface area contributed by atoms with Crippen LogP contribution < -0.4 is 5.48 Å². The molecule has 1 N–H and O–H groups in total. The van der Waals surface area contributed by atoms with E-state index in [2.05, 4.69) is 21.4 Å². The van der Waals surface area contributed by atoms with E-state index in [0.29, 0.717) is 0 Å². The fourth-order valence-electron chi connectivity index (χ4n) is 0.872. The third-order valence-corrected chi connectivity index (χ3v) is 1.86. The van der Waals surface area contributed by atoms with Crippen molar-refractivity contribution in [2.24, 2.45) is 0 Å². The van der Waals surface area contributed by atoms with Gasteiger partial charge in [0.05, 0.1) is 12.8 Å². The molecule has 1 aromatic carbocycles. The molecule has 0 saturated carbocycles. The van der Waals surface area contributed by atoms with Gasteiger partial charge in [0.15, 0.2) is 0 Å². The largest absolute Gasteiger partial charge is 0.279 e. The van der Waals surface area contributed by atoms with E-state index in [1.807, 2.05) is 30.3 Å². The highest BCUT2D eigenvalue weighted by Crippen LogP contribution is 2.11. The molecule has 0 atom stereocenters. The van der Waals surface area contributed by atoms with Crippen LogP contribution in [-0.2, 0) is 4.84 Å². The van der Waals surface area contributed by atoms with E-state index in [1.165, 1.54) is 0 Å². The summed E-state index contributed by atoms with van der Waals surface area (Å²) < 4.78 is 0. The summed E-state index contributed by atoms with van der Waals surface area (Å²) >= 11 is 3.25. The molecule has 64 valence electrons. The topological polar surface area (TPSA) is 21.3 Å². The van der Waals surface area contributed by atoms with Crippen molar-refractivity contribution in [3.8, 4) is 0 Å². The molecule has 3 heteroatoms. The quantitative estimate of drug-likeness (QED) is 0.802. The second-order valence-corrected chi connectivity index (χ2v) is 2.65. The minimum absolute atomic E-state index is 0.901. The molecule has 0 aromatic heterocycles. The van der Waals surface area contributed by atoms with Crippen LogP contribution in [0.15, 0.2) is 35.3 Å². The molecular formula is C9H10BrNO. The lowest BCUT2D eigenvalue weighted by atomic mass is 10.2. The zero-order valence-corrected chi connectivity index (χ0v) is 8.34. The number of halogens is 1. The summed E-state index contributed by atoms with van der Waals surface area (Å²) in [5.41, 5.74) is 4.74. The van der Waals surface area contributed by atoms with Crippen LogP contribution in [0.5, 0.6) is 0 Å². The highest BCUT2D eigenvalue weighted by Gasteiger charge is 1.96. The molecule has 1 rings (SSSR count). The highest BCUT2D eigenvalue weighted by atomic mass is 79.9. The van der Waals surface area contributed by atoms with Gasteiger partial charge in [0.25, 0.3) is 0 Å². The molecule has 0 heterocycles. The van der Waals surface area contributed by atoms with Crippen molar-refractivity contribution in [3.63, 3.8) is 0 Å². The van der Waals surface area contributed by atoms with Crippen LogP contribution in [0.1, 0.15) is 5.56 Å². The van der Waals surface area contributed by atoms with E-state index in [4.69, 9.17) is 4.84 Å². The molecule has 0 aliphatic carbocycles. The van der Waals surface area contributed by atoms with Crippen LogP contribution >= 0.6 is 15.9 Å². The molecule has 0 aliphatic heterocycles. The summed E-state index contributed by atoms with van der Waals surface area (Å²) in [6, 6.07) is 9.92. The Labute approximate surface area is 80.3 Å². The van der Waals surface area contributed by atoms with Crippen molar-refractivity contribution in [2.75, 3.05) is 7.11 Å². The van der Waals surface area contributed by atoms with Gasteiger partial charge < -0.3 is 0 Å². The predicted octanol–water partition coefficient (Wildman–Crippen LogP) is 2.53. The molecule has 0 aliphatic rings. The van der Waals surface area contributed by atoms with Gasteiger partial charge >= 0.3 is 0 Å². The van der Waals surface area contributed by atoms with E-state index in [1.54, 1.807) is 12.1 Å². The Kier molecular flexibility index (Phi) is 3.84. The number of hydroxylamine groups is 1. The molecule has 0 saturated heterocycles. The fraction of sp³-hybridized carbons (Fsp3) is 0.111. The minimum Gasteiger partial charge on any atom is -0.279 e. The maximum absolute atomic E-state index is 4.80. The highest BCUT2D eigenvalue weighted by molar-refractivity contribution is 9.11. The Balaban J connectivity index is 2.82. The first-order valence-electron chi connectivity index (χ1n) is 3.53. The molecule has 2 nitrogen and oxygen atoms in total. The van der Waals surface area contributed by atoms with Crippen molar-refractivity contribution < 1.29 is 4.84 Å². The van der Waals surface area contributed by atoms with Crippen LogP contribution in [0, 0.1) is 0 Å². The molecule has 1 aromatic rings. The Morgan fingerprint density at radius 1 is 1.42 bits per heavy atom. The Bertz CT molecular complexity index is 258. The molecule has 0 radical (unpaired) electrons. The van der Waals surface area contributed by atoms with Crippen LogP contribution in [0.3, 0.4) is 0 Å². The van der Waals surface area contributed by atoms with Gasteiger partial charge in [0.1, 0.15) is 0 Å². The predicted molar refractivity (Wildman–Crippen MR) is 53.5 cm³/mol. The van der Waals surface area contributed by atoms with E-state index in [-0.39, 0.29) is 0 Å². The second-order valence-electron chi connectivity index (χ2n) is 2.19. The first-order valence-corrected chi connectivity index (χ1v) is 4.45. The summed E-state index contributed by atoms with van der Waals surface area (Å²) in [5.74, 6) is 0. The Morgan fingerprint density at radius 3 is 2.58 bits per heavy atom. The third-order valence-electron chi connectivity index (χ3n) is 1.41. The van der Waals surface area contributed by atoms with Gasteiger partial charge in [-0.05, 0) is 0 Å². The van der Waals surface area contributed by atoms with Crippen LogP contribution in [-0.4, -0.2) is 7.11 Å². The lowest BCUT2D eigenvalue weighted by Gasteiger charge is -2.06. The average Bonchev–Trinajstić information content (AvgIpc) is 2.15. The van der Waals surface area contributed by atoms with Crippen molar-refractivity contribution >= 4 is 21.6 Å². The van der Waals surface area contributed by atoms with Gasteiger partial charge in [0.2, 0.25) is 0 Å². The molecule has 12 heavy (non-hydrogen) atoms. The summed E-state index contributed by atoms with van der Waals surface area (Å²) in [7, 11) is 1.58. The lowest BCUT2D eigenvalue weighted by Crippen LogP contribution is -2.09. The Hall–Kier alpha value is -0.800. The normalized spacial score (nSPS) is 11.3. The van der Waals surface area contributed by atoms with Crippen molar-refractivity contribution in [1.82, 2.24) is 5.48 Å². The first-order chi connectivity index (χ1) is 5.88. The van der Waals surface area contributed by atoms with E-state index in [9.17, 15) is 0 Å². The fourth-order valence-corrected chi connectivity index (χ4v) is 1.23. The summed E-state index contributed by atoms with van der Waals surface area (Å²) in [6.07, 6.45) is 0. The summed E-state index contributed by atoms with van der Waals surface area (Å²) in [4.78, 5) is 6.58. The molecule has 0 bridgehead atoms. The zero-order chi connectivity index (χ0) is 8.81. The van der Waals surface area contributed by atoms with Crippen molar-refractivity contribution in [2.45, 2.75) is 0 Å². The maximum Gasteiger partial charge on any atom is 0.0745 e. The van der Waals surface area contributed by atoms with Crippen molar-refractivity contribution in [1.29, 1.82) is 0 Å². The van der Waals surface area contributed by atoms with Gasteiger partial charge in [-0.25, -0.2) is 0 Å². The van der Waals surface area contributed by atoms with Gasteiger partial charge in [-0.15, -0.1) is 0 Å². The van der Waals surface area contributed by atoms with Crippen LogP contribution in [0.2, 0.25) is 0 Å². The van der Waals surface area contributed by atoms with Gasteiger partial charge in [0, 0.05) is 10.5 Å². The number of nitrogens with one attached hydrogen (secondary N) is 1. The van der Waals surface area contributed by atoms with Gasteiger partial charge in [-0.3, -0.25) is 10.3 Å². The van der Waals surface area contributed by atoms with Crippen LogP contribution in [0.4, 0.5) is 0 Å².